The van der Waals surface area contributed by atoms with E-state index in [2.05, 4.69) is 13.8 Å². The predicted octanol–water partition coefficient (Wildman–Crippen LogP) is 3.73. The summed E-state index contributed by atoms with van der Waals surface area (Å²) in [5, 5.41) is 10.2. The summed E-state index contributed by atoms with van der Waals surface area (Å²) in [5.41, 5.74) is 0.458. The molecule has 0 aromatic heterocycles. The molecule has 1 saturated heterocycles. The molecule has 24 heavy (non-hydrogen) atoms. The Labute approximate surface area is 145 Å². The summed E-state index contributed by atoms with van der Waals surface area (Å²) in [7, 11) is 0. The van der Waals surface area contributed by atoms with Gasteiger partial charge in [0.05, 0.1) is 12.2 Å². The van der Waals surface area contributed by atoms with Crippen LogP contribution in [0.5, 0.6) is 0 Å². The second-order valence-corrected chi connectivity index (χ2v) is 10.2. The molecule has 4 aliphatic carbocycles. The number of aliphatic hydroxyl groups excluding tert-OH is 1. The summed E-state index contributed by atoms with van der Waals surface area (Å²) < 4.78 is 6.36. The number of ketones is 1. The highest BCUT2D eigenvalue weighted by Gasteiger charge is 2.76. The van der Waals surface area contributed by atoms with Crippen molar-refractivity contribution in [2.75, 3.05) is 0 Å². The quantitative estimate of drug-likeness (QED) is 0.745. The first-order valence-electron chi connectivity index (χ1n) is 10.2. The number of carbonyl (C=O) groups excluding carboxylic acids is 1. The van der Waals surface area contributed by atoms with Gasteiger partial charge in [-0.15, -0.1) is 0 Å². The predicted molar refractivity (Wildman–Crippen MR) is 91.4 cm³/mol. The molecule has 9 atom stereocenters. The summed E-state index contributed by atoms with van der Waals surface area (Å²) in [5.74, 6) is 2.87. The number of hydrogen-bond acceptors (Lipinski definition) is 3. The average molecular weight is 332 g/mol. The minimum absolute atomic E-state index is 0.0157. The van der Waals surface area contributed by atoms with Crippen molar-refractivity contribution in [3.05, 3.63) is 0 Å². The molecule has 3 heteroatoms. The number of epoxide rings is 1. The van der Waals surface area contributed by atoms with Gasteiger partial charge in [0.2, 0.25) is 0 Å². The monoisotopic (exact) mass is 332 g/mol. The van der Waals surface area contributed by atoms with Crippen LogP contribution >= 0.6 is 0 Å². The Hall–Kier alpha value is -0.410. The van der Waals surface area contributed by atoms with E-state index in [1.54, 1.807) is 0 Å². The number of fused-ring (bicyclic) bond motifs is 4. The summed E-state index contributed by atoms with van der Waals surface area (Å²) in [6.45, 7) is 6.69. The van der Waals surface area contributed by atoms with E-state index in [-0.39, 0.29) is 28.5 Å². The van der Waals surface area contributed by atoms with E-state index in [1.165, 1.54) is 25.7 Å². The first kappa shape index (κ1) is 15.8. The second kappa shape index (κ2) is 4.65. The van der Waals surface area contributed by atoms with E-state index in [4.69, 9.17) is 4.74 Å². The Bertz CT molecular complexity index is 588. The zero-order valence-corrected chi connectivity index (χ0v) is 15.4. The van der Waals surface area contributed by atoms with Gasteiger partial charge in [0.15, 0.2) is 0 Å². The first-order valence-corrected chi connectivity index (χ1v) is 10.2. The second-order valence-electron chi connectivity index (χ2n) is 10.2. The van der Waals surface area contributed by atoms with Crippen molar-refractivity contribution in [3.8, 4) is 0 Å². The summed E-state index contributed by atoms with van der Waals surface area (Å²) >= 11 is 0. The number of hydrogen-bond donors (Lipinski definition) is 1. The molecule has 3 nitrogen and oxygen atoms in total. The van der Waals surface area contributed by atoms with Crippen molar-refractivity contribution in [2.24, 2.45) is 34.5 Å². The Morgan fingerprint density at radius 2 is 1.88 bits per heavy atom. The summed E-state index contributed by atoms with van der Waals surface area (Å²) in [6, 6.07) is 0. The average Bonchev–Trinajstić information content (AvgIpc) is 3.08. The van der Waals surface area contributed by atoms with E-state index >= 15 is 0 Å². The number of carbonyl (C=O) groups is 1. The van der Waals surface area contributed by atoms with Gasteiger partial charge in [-0.2, -0.15) is 0 Å². The molecular formula is C21H32O3. The number of ether oxygens (including phenoxy) is 1. The van der Waals surface area contributed by atoms with Gasteiger partial charge in [-0.05, 0) is 75.0 Å². The third-order valence-electron chi connectivity index (χ3n) is 9.55. The van der Waals surface area contributed by atoms with Crippen LogP contribution in [-0.4, -0.2) is 28.7 Å². The molecule has 4 saturated carbocycles. The molecule has 0 radical (unpaired) electrons. The normalized spacial score (nSPS) is 61.3. The molecule has 134 valence electrons. The van der Waals surface area contributed by atoms with E-state index in [0.29, 0.717) is 17.8 Å². The molecule has 0 aromatic carbocycles. The lowest BCUT2D eigenvalue weighted by molar-refractivity contribution is -0.133. The minimum Gasteiger partial charge on any atom is -0.393 e. The maximum Gasteiger partial charge on any atom is 0.133 e. The zero-order valence-electron chi connectivity index (χ0n) is 15.4. The Kier molecular flexibility index (Phi) is 3.06. The molecule has 5 rings (SSSR count). The van der Waals surface area contributed by atoms with Gasteiger partial charge < -0.3 is 9.84 Å². The van der Waals surface area contributed by atoms with Crippen molar-refractivity contribution in [3.63, 3.8) is 0 Å². The smallest absolute Gasteiger partial charge is 0.133 e. The molecule has 1 aliphatic heterocycles. The molecule has 0 aromatic rings. The van der Waals surface area contributed by atoms with Crippen LogP contribution in [0, 0.1) is 34.5 Å². The van der Waals surface area contributed by atoms with Crippen LogP contribution in [-0.2, 0) is 9.53 Å². The fraction of sp³-hybridized carbons (Fsp3) is 0.952. The molecule has 1 heterocycles. The third kappa shape index (κ3) is 1.69. The molecule has 0 unspecified atom stereocenters. The molecule has 0 bridgehead atoms. The lowest BCUT2D eigenvalue weighted by atomic mass is 9.44. The van der Waals surface area contributed by atoms with Gasteiger partial charge >= 0.3 is 0 Å². The minimum atomic E-state index is -0.165. The molecule has 5 aliphatic rings. The van der Waals surface area contributed by atoms with Crippen molar-refractivity contribution in [1.82, 2.24) is 0 Å². The summed E-state index contributed by atoms with van der Waals surface area (Å²) in [6.07, 6.45) is 9.10. The van der Waals surface area contributed by atoms with Gasteiger partial charge in [0.1, 0.15) is 11.4 Å². The van der Waals surface area contributed by atoms with E-state index in [9.17, 15) is 9.90 Å². The number of aliphatic hydroxyl groups is 1. The van der Waals surface area contributed by atoms with Crippen LogP contribution in [0.15, 0.2) is 0 Å². The van der Waals surface area contributed by atoms with E-state index in [1.807, 2.05) is 6.92 Å². The molecule has 1 spiro atoms. The maximum atomic E-state index is 12.2. The van der Waals surface area contributed by atoms with Crippen molar-refractivity contribution in [1.29, 1.82) is 0 Å². The lowest BCUT2D eigenvalue weighted by Crippen LogP contribution is -2.58. The van der Waals surface area contributed by atoms with Crippen LogP contribution in [0.3, 0.4) is 0 Å². The molecule has 1 N–H and O–H groups in total. The Morgan fingerprint density at radius 1 is 1.08 bits per heavy atom. The Morgan fingerprint density at radius 3 is 2.62 bits per heavy atom. The number of Topliss-reactive ketones (excluding diaryl/α,β-unsaturated/α-hetero) is 1. The zero-order chi connectivity index (χ0) is 16.9. The van der Waals surface area contributed by atoms with Crippen LogP contribution in [0.25, 0.3) is 0 Å². The van der Waals surface area contributed by atoms with Gasteiger partial charge in [-0.3, -0.25) is 4.79 Å². The van der Waals surface area contributed by atoms with Crippen LogP contribution < -0.4 is 0 Å². The fourth-order valence-corrected chi connectivity index (χ4v) is 8.33. The van der Waals surface area contributed by atoms with E-state index in [0.717, 1.165) is 37.5 Å². The van der Waals surface area contributed by atoms with Crippen LogP contribution in [0.2, 0.25) is 0 Å². The van der Waals surface area contributed by atoms with Crippen LogP contribution in [0.4, 0.5) is 0 Å². The Balaban J connectivity index is 1.49. The molecule has 5 fully saturated rings. The number of rotatable bonds is 1. The van der Waals surface area contributed by atoms with Crippen molar-refractivity contribution < 1.29 is 14.6 Å². The van der Waals surface area contributed by atoms with Gasteiger partial charge in [-0.1, -0.05) is 13.8 Å². The van der Waals surface area contributed by atoms with Crippen molar-refractivity contribution in [2.45, 2.75) is 89.9 Å². The topological polar surface area (TPSA) is 49.8 Å². The summed E-state index contributed by atoms with van der Waals surface area (Å²) in [4.78, 5) is 12.2. The van der Waals surface area contributed by atoms with Gasteiger partial charge in [0, 0.05) is 17.8 Å². The largest absolute Gasteiger partial charge is 0.393 e. The van der Waals surface area contributed by atoms with E-state index < -0.39 is 0 Å². The van der Waals surface area contributed by atoms with Crippen LogP contribution in [0.1, 0.15) is 72.1 Å². The molecule has 0 amide bonds. The SMILES string of the molecule is CC(=O)[C@@H]1CC[C@@H]2[C@@H]3C[C@@H]4O[C@@]45C[C@H](O)CC[C@]5(C)[C@H]3CC[C@@]21C. The van der Waals surface area contributed by atoms with Gasteiger partial charge in [-0.25, -0.2) is 0 Å². The lowest BCUT2D eigenvalue weighted by Gasteiger charge is -2.59. The maximum absolute atomic E-state index is 12.2. The third-order valence-corrected chi connectivity index (χ3v) is 9.55. The highest BCUT2D eigenvalue weighted by molar-refractivity contribution is 5.79. The standard InChI is InChI=1S/C21H32O3/c1-12(22)15-4-5-16-14-10-18-21(24-18)11-13(23)6-9-20(21,3)17(14)7-8-19(15,16)2/h13-18,23H,4-11H2,1-3H3/t13-,14+,15+,16-,17+,18+,19-,20-,21+/m1/s1. The highest BCUT2D eigenvalue weighted by Crippen LogP contribution is 2.73. The fourth-order valence-electron chi connectivity index (χ4n) is 8.33. The van der Waals surface area contributed by atoms with Crippen molar-refractivity contribution >= 4 is 5.78 Å². The molecular weight excluding hydrogens is 300 g/mol. The first-order chi connectivity index (χ1) is 11.3. The van der Waals surface area contributed by atoms with Gasteiger partial charge in [0.25, 0.3) is 0 Å². The highest BCUT2D eigenvalue weighted by atomic mass is 16.6.